The van der Waals surface area contributed by atoms with Crippen molar-refractivity contribution >= 4 is 17.3 Å². The highest BCUT2D eigenvalue weighted by molar-refractivity contribution is 6.06. The number of nitrogen functional groups attached to an aromatic ring is 1. The number of ether oxygens (including phenoxy) is 1. The van der Waals surface area contributed by atoms with Crippen molar-refractivity contribution in [2.24, 2.45) is 7.05 Å². The van der Waals surface area contributed by atoms with E-state index in [-0.39, 0.29) is 12.0 Å². The second-order valence-electron chi connectivity index (χ2n) is 5.17. The third-order valence-corrected chi connectivity index (χ3v) is 3.00. The Morgan fingerprint density at radius 2 is 2.14 bits per heavy atom. The number of hydrogen-bond acceptors (Lipinski definition) is 4. The maximum Gasteiger partial charge on any atom is 0.276 e. The van der Waals surface area contributed by atoms with Crippen LogP contribution >= 0.6 is 0 Å². The van der Waals surface area contributed by atoms with Gasteiger partial charge in [0.05, 0.1) is 18.0 Å². The Hall–Kier alpha value is -2.50. The third-order valence-electron chi connectivity index (χ3n) is 3.00. The van der Waals surface area contributed by atoms with Crippen LogP contribution in [0.1, 0.15) is 29.9 Å². The van der Waals surface area contributed by atoms with E-state index in [1.54, 1.807) is 7.05 Å². The smallest absolute Gasteiger partial charge is 0.276 e. The SMILES string of the molecule is Cc1cc(OC(C)C)ccc1NC(=O)c1c(N)cnn1C. The minimum atomic E-state index is -0.284. The van der Waals surface area contributed by atoms with Gasteiger partial charge in [0.2, 0.25) is 0 Å². The van der Waals surface area contributed by atoms with E-state index in [1.807, 2.05) is 39.0 Å². The molecule has 0 bridgehead atoms. The highest BCUT2D eigenvalue weighted by Crippen LogP contribution is 2.23. The van der Waals surface area contributed by atoms with E-state index in [4.69, 9.17) is 10.5 Å². The molecule has 0 saturated carbocycles. The lowest BCUT2D eigenvalue weighted by atomic mass is 10.2. The molecule has 2 aromatic rings. The molecule has 0 aliphatic rings. The van der Waals surface area contributed by atoms with Gasteiger partial charge in [-0.3, -0.25) is 9.48 Å². The maximum absolute atomic E-state index is 12.2. The van der Waals surface area contributed by atoms with E-state index >= 15 is 0 Å². The zero-order chi connectivity index (χ0) is 15.6. The van der Waals surface area contributed by atoms with E-state index in [2.05, 4.69) is 10.4 Å². The van der Waals surface area contributed by atoms with Gasteiger partial charge in [-0.1, -0.05) is 0 Å². The Balaban J connectivity index is 2.18. The molecule has 1 aromatic heterocycles. The summed E-state index contributed by atoms with van der Waals surface area (Å²) in [5.74, 6) is 0.494. The average Bonchev–Trinajstić information content (AvgIpc) is 2.71. The van der Waals surface area contributed by atoms with Crippen LogP contribution in [0.5, 0.6) is 5.75 Å². The number of carbonyl (C=O) groups is 1. The van der Waals surface area contributed by atoms with Crippen molar-refractivity contribution in [1.82, 2.24) is 9.78 Å². The number of benzene rings is 1. The van der Waals surface area contributed by atoms with Crippen LogP contribution in [-0.4, -0.2) is 21.8 Å². The molecule has 1 aromatic carbocycles. The molecule has 0 radical (unpaired) electrons. The topological polar surface area (TPSA) is 82.2 Å². The molecule has 1 amide bonds. The van der Waals surface area contributed by atoms with E-state index in [1.165, 1.54) is 10.9 Å². The van der Waals surface area contributed by atoms with Crippen molar-refractivity contribution in [3.63, 3.8) is 0 Å². The largest absolute Gasteiger partial charge is 0.491 e. The van der Waals surface area contributed by atoms with Crippen LogP contribution in [-0.2, 0) is 7.05 Å². The number of nitrogens with zero attached hydrogens (tertiary/aromatic N) is 2. The Labute approximate surface area is 123 Å². The van der Waals surface area contributed by atoms with Gasteiger partial charge in [-0.15, -0.1) is 0 Å². The van der Waals surface area contributed by atoms with Gasteiger partial charge in [0.15, 0.2) is 0 Å². The van der Waals surface area contributed by atoms with Crippen LogP contribution in [0.15, 0.2) is 24.4 Å². The monoisotopic (exact) mass is 288 g/mol. The van der Waals surface area contributed by atoms with Crippen LogP contribution in [0.25, 0.3) is 0 Å². The first-order valence-corrected chi connectivity index (χ1v) is 6.74. The molecular formula is C15H20N4O2. The van der Waals surface area contributed by atoms with E-state index in [0.29, 0.717) is 11.4 Å². The summed E-state index contributed by atoms with van der Waals surface area (Å²) < 4.78 is 7.07. The number of rotatable bonds is 4. The molecule has 1 heterocycles. The predicted molar refractivity (Wildman–Crippen MR) is 82.5 cm³/mol. The normalized spacial score (nSPS) is 10.7. The molecule has 6 nitrogen and oxygen atoms in total. The van der Waals surface area contributed by atoms with Gasteiger partial charge in [-0.25, -0.2) is 0 Å². The molecule has 0 unspecified atom stereocenters. The van der Waals surface area contributed by atoms with Crippen molar-refractivity contribution in [2.75, 3.05) is 11.1 Å². The minimum absolute atomic E-state index is 0.110. The molecular weight excluding hydrogens is 268 g/mol. The van der Waals surface area contributed by atoms with Crippen LogP contribution in [0.2, 0.25) is 0 Å². The average molecular weight is 288 g/mol. The quantitative estimate of drug-likeness (QED) is 0.904. The fraction of sp³-hybridized carbons (Fsp3) is 0.333. The molecule has 2 rings (SSSR count). The van der Waals surface area contributed by atoms with Crippen molar-refractivity contribution in [3.8, 4) is 5.75 Å². The zero-order valence-corrected chi connectivity index (χ0v) is 12.7. The molecule has 21 heavy (non-hydrogen) atoms. The second-order valence-corrected chi connectivity index (χ2v) is 5.17. The first-order valence-electron chi connectivity index (χ1n) is 6.74. The third kappa shape index (κ3) is 3.34. The Kier molecular flexibility index (Phi) is 4.16. The number of anilines is 2. The first-order chi connectivity index (χ1) is 9.88. The Bertz CT molecular complexity index is 642. The van der Waals surface area contributed by atoms with Gasteiger partial charge in [0.1, 0.15) is 11.4 Å². The summed E-state index contributed by atoms with van der Waals surface area (Å²) in [6.45, 7) is 5.85. The summed E-state index contributed by atoms with van der Waals surface area (Å²) in [4.78, 5) is 12.2. The lowest BCUT2D eigenvalue weighted by Gasteiger charge is -2.13. The number of amides is 1. The van der Waals surface area contributed by atoms with Gasteiger partial charge in [0.25, 0.3) is 5.91 Å². The van der Waals surface area contributed by atoms with Crippen LogP contribution in [0, 0.1) is 6.92 Å². The molecule has 3 N–H and O–H groups in total. The van der Waals surface area contributed by atoms with E-state index in [9.17, 15) is 4.79 Å². The summed E-state index contributed by atoms with van der Waals surface area (Å²) in [6.07, 6.45) is 1.57. The summed E-state index contributed by atoms with van der Waals surface area (Å²) in [6, 6.07) is 5.54. The first kappa shape index (κ1) is 14.9. The fourth-order valence-corrected chi connectivity index (χ4v) is 2.04. The fourth-order valence-electron chi connectivity index (χ4n) is 2.04. The number of carbonyl (C=O) groups excluding carboxylic acids is 1. The highest BCUT2D eigenvalue weighted by atomic mass is 16.5. The van der Waals surface area contributed by atoms with Gasteiger partial charge < -0.3 is 15.8 Å². The van der Waals surface area contributed by atoms with Crippen LogP contribution in [0.3, 0.4) is 0 Å². The van der Waals surface area contributed by atoms with Crippen LogP contribution < -0.4 is 15.8 Å². The summed E-state index contributed by atoms with van der Waals surface area (Å²) in [5, 5.41) is 6.80. The van der Waals surface area contributed by atoms with Crippen molar-refractivity contribution in [3.05, 3.63) is 35.7 Å². The molecule has 0 saturated heterocycles. The summed E-state index contributed by atoms with van der Waals surface area (Å²) >= 11 is 0. The van der Waals surface area contributed by atoms with E-state index < -0.39 is 0 Å². The number of hydrogen-bond donors (Lipinski definition) is 2. The number of nitrogens with one attached hydrogen (secondary N) is 1. The second kappa shape index (κ2) is 5.87. The van der Waals surface area contributed by atoms with Gasteiger partial charge >= 0.3 is 0 Å². The molecule has 0 fully saturated rings. The van der Waals surface area contributed by atoms with Crippen molar-refractivity contribution in [1.29, 1.82) is 0 Å². The summed E-state index contributed by atoms with van der Waals surface area (Å²) in [7, 11) is 1.68. The Morgan fingerprint density at radius 3 is 2.67 bits per heavy atom. The molecule has 6 heteroatoms. The lowest BCUT2D eigenvalue weighted by molar-refractivity contribution is 0.101. The standard InChI is InChI=1S/C15H20N4O2/c1-9(2)21-11-5-6-13(10(3)7-11)18-15(20)14-12(16)8-17-19(14)4/h5-9H,16H2,1-4H3,(H,18,20). The van der Waals surface area contributed by atoms with Gasteiger partial charge in [-0.2, -0.15) is 5.10 Å². The number of aromatic nitrogens is 2. The zero-order valence-electron chi connectivity index (χ0n) is 12.7. The van der Waals surface area contributed by atoms with E-state index in [0.717, 1.165) is 17.0 Å². The molecule has 0 atom stereocenters. The van der Waals surface area contributed by atoms with Crippen LogP contribution in [0.4, 0.5) is 11.4 Å². The molecule has 0 aliphatic heterocycles. The predicted octanol–water partition coefficient (Wildman–Crippen LogP) is 2.35. The number of aryl methyl sites for hydroxylation is 2. The molecule has 0 spiro atoms. The maximum atomic E-state index is 12.2. The number of nitrogens with two attached hydrogens (primary N) is 1. The van der Waals surface area contributed by atoms with Crippen molar-refractivity contribution < 1.29 is 9.53 Å². The minimum Gasteiger partial charge on any atom is -0.491 e. The Morgan fingerprint density at radius 1 is 1.43 bits per heavy atom. The molecule has 0 aliphatic carbocycles. The summed E-state index contributed by atoms with van der Waals surface area (Å²) in [5.41, 5.74) is 8.09. The van der Waals surface area contributed by atoms with Crippen molar-refractivity contribution in [2.45, 2.75) is 26.9 Å². The van der Waals surface area contributed by atoms with Gasteiger partial charge in [-0.05, 0) is 44.5 Å². The molecule has 112 valence electrons. The van der Waals surface area contributed by atoms with Gasteiger partial charge in [0, 0.05) is 12.7 Å². The highest BCUT2D eigenvalue weighted by Gasteiger charge is 2.16. The lowest BCUT2D eigenvalue weighted by Crippen LogP contribution is -2.18.